The average molecular weight is 334 g/mol. The van der Waals surface area contributed by atoms with Crippen molar-refractivity contribution in [3.63, 3.8) is 0 Å². The van der Waals surface area contributed by atoms with E-state index in [2.05, 4.69) is 10.3 Å². The summed E-state index contributed by atoms with van der Waals surface area (Å²) in [5, 5.41) is 11.9. The Morgan fingerprint density at radius 3 is 2.67 bits per heavy atom. The molecule has 7 nitrogen and oxygen atoms in total. The SMILES string of the molecule is Cc1oc(-c2ccco2)nc1CC(=O)NC(C)(CC(=O)O)C(C)C. The van der Waals surface area contributed by atoms with Crippen molar-refractivity contribution in [2.24, 2.45) is 5.92 Å². The minimum absolute atomic E-state index is 0.0119. The second kappa shape index (κ2) is 6.90. The van der Waals surface area contributed by atoms with Crippen LogP contribution in [0.25, 0.3) is 11.7 Å². The van der Waals surface area contributed by atoms with E-state index in [-0.39, 0.29) is 24.7 Å². The van der Waals surface area contributed by atoms with E-state index in [0.717, 1.165) is 0 Å². The molecule has 2 heterocycles. The number of carbonyl (C=O) groups is 2. The molecule has 0 aliphatic heterocycles. The first kappa shape index (κ1) is 17.8. The molecule has 0 aliphatic rings. The minimum Gasteiger partial charge on any atom is -0.481 e. The van der Waals surface area contributed by atoms with Crippen molar-refractivity contribution in [3.05, 3.63) is 29.9 Å². The summed E-state index contributed by atoms with van der Waals surface area (Å²) in [6.07, 6.45) is 1.38. The average Bonchev–Trinajstić information content (AvgIpc) is 3.08. The number of carboxylic acid groups (broad SMARTS) is 1. The maximum absolute atomic E-state index is 12.4. The van der Waals surface area contributed by atoms with Gasteiger partial charge in [-0.2, -0.15) is 0 Å². The highest BCUT2D eigenvalue weighted by molar-refractivity contribution is 5.80. The highest BCUT2D eigenvalue weighted by atomic mass is 16.4. The van der Waals surface area contributed by atoms with Gasteiger partial charge < -0.3 is 19.3 Å². The first-order valence-electron chi connectivity index (χ1n) is 7.74. The molecule has 1 unspecified atom stereocenters. The van der Waals surface area contributed by atoms with E-state index in [1.807, 2.05) is 13.8 Å². The van der Waals surface area contributed by atoms with Crippen molar-refractivity contribution >= 4 is 11.9 Å². The third-order valence-corrected chi connectivity index (χ3v) is 4.17. The summed E-state index contributed by atoms with van der Waals surface area (Å²) in [4.78, 5) is 27.7. The van der Waals surface area contributed by atoms with Gasteiger partial charge in [-0.1, -0.05) is 13.8 Å². The molecule has 2 aromatic rings. The fourth-order valence-electron chi connectivity index (χ4n) is 2.32. The van der Waals surface area contributed by atoms with E-state index in [9.17, 15) is 9.59 Å². The molecular formula is C17H22N2O5. The Morgan fingerprint density at radius 1 is 1.42 bits per heavy atom. The fraction of sp³-hybridized carbons (Fsp3) is 0.471. The van der Waals surface area contributed by atoms with Gasteiger partial charge in [0.05, 0.1) is 24.8 Å². The molecule has 0 saturated carbocycles. The minimum atomic E-state index is -0.954. The molecule has 2 N–H and O–H groups in total. The van der Waals surface area contributed by atoms with Crippen LogP contribution in [0.4, 0.5) is 0 Å². The lowest BCUT2D eigenvalue weighted by molar-refractivity contribution is -0.139. The number of hydrogen-bond donors (Lipinski definition) is 2. The van der Waals surface area contributed by atoms with Gasteiger partial charge in [-0.05, 0) is 31.9 Å². The van der Waals surface area contributed by atoms with Crippen LogP contribution in [0, 0.1) is 12.8 Å². The first-order chi connectivity index (χ1) is 11.2. The molecule has 0 saturated heterocycles. The summed E-state index contributed by atoms with van der Waals surface area (Å²) >= 11 is 0. The number of aromatic nitrogens is 1. The topological polar surface area (TPSA) is 106 Å². The van der Waals surface area contributed by atoms with E-state index >= 15 is 0 Å². The number of carboxylic acids is 1. The Labute approximate surface area is 140 Å². The zero-order valence-corrected chi connectivity index (χ0v) is 14.3. The maximum Gasteiger partial charge on any atom is 0.305 e. The number of carbonyl (C=O) groups excluding carboxylic acids is 1. The van der Waals surface area contributed by atoms with Crippen molar-refractivity contribution in [1.29, 1.82) is 0 Å². The Kier molecular flexibility index (Phi) is 5.11. The molecule has 0 radical (unpaired) electrons. The predicted molar refractivity (Wildman–Crippen MR) is 86.3 cm³/mol. The number of nitrogens with one attached hydrogen (secondary N) is 1. The normalized spacial score (nSPS) is 13.7. The van der Waals surface area contributed by atoms with Crippen LogP contribution in [0.1, 0.15) is 38.6 Å². The smallest absolute Gasteiger partial charge is 0.305 e. The van der Waals surface area contributed by atoms with Gasteiger partial charge in [0.25, 0.3) is 5.89 Å². The van der Waals surface area contributed by atoms with Crippen LogP contribution >= 0.6 is 0 Å². The maximum atomic E-state index is 12.4. The number of furan rings is 1. The Hall–Kier alpha value is -2.57. The van der Waals surface area contributed by atoms with Crippen LogP contribution in [0.2, 0.25) is 0 Å². The first-order valence-corrected chi connectivity index (χ1v) is 7.74. The molecule has 24 heavy (non-hydrogen) atoms. The van der Waals surface area contributed by atoms with Crippen LogP contribution in [0.5, 0.6) is 0 Å². The van der Waals surface area contributed by atoms with E-state index in [1.165, 1.54) is 6.26 Å². The van der Waals surface area contributed by atoms with Crippen molar-refractivity contribution in [2.45, 2.75) is 46.1 Å². The zero-order chi connectivity index (χ0) is 17.9. The number of rotatable bonds is 7. The van der Waals surface area contributed by atoms with Gasteiger partial charge >= 0.3 is 5.97 Å². The Bertz CT molecular complexity index is 717. The molecule has 2 aromatic heterocycles. The van der Waals surface area contributed by atoms with Gasteiger partial charge in [0, 0.05) is 5.54 Å². The lowest BCUT2D eigenvalue weighted by Gasteiger charge is -2.33. The van der Waals surface area contributed by atoms with Crippen LogP contribution in [-0.2, 0) is 16.0 Å². The second-order valence-corrected chi connectivity index (χ2v) is 6.37. The third-order valence-electron chi connectivity index (χ3n) is 4.17. The lowest BCUT2D eigenvalue weighted by Crippen LogP contribution is -2.51. The third kappa shape index (κ3) is 4.04. The molecule has 7 heteroatoms. The van der Waals surface area contributed by atoms with Crippen LogP contribution in [-0.4, -0.2) is 27.5 Å². The predicted octanol–water partition coefficient (Wildman–Crippen LogP) is 2.79. The van der Waals surface area contributed by atoms with Crippen molar-refractivity contribution in [1.82, 2.24) is 10.3 Å². The lowest BCUT2D eigenvalue weighted by atomic mass is 9.85. The number of amides is 1. The van der Waals surface area contributed by atoms with Crippen LogP contribution in [0.15, 0.2) is 27.2 Å². The molecule has 0 fully saturated rings. The molecule has 1 atom stereocenters. The molecular weight excluding hydrogens is 312 g/mol. The van der Waals surface area contributed by atoms with Gasteiger partial charge in [0.2, 0.25) is 5.91 Å². The number of nitrogens with zero attached hydrogens (tertiary/aromatic N) is 1. The summed E-state index contributed by atoms with van der Waals surface area (Å²) in [6, 6.07) is 3.44. The molecule has 0 aliphatic carbocycles. The van der Waals surface area contributed by atoms with Gasteiger partial charge in [-0.15, -0.1) is 0 Å². The van der Waals surface area contributed by atoms with Crippen LogP contribution in [0.3, 0.4) is 0 Å². The summed E-state index contributed by atoms with van der Waals surface area (Å²) in [5.74, 6) is 0.0508. The molecule has 0 spiro atoms. The molecule has 2 rings (SSSR count). The van der Waals surface area contributed by atoms with E-state index in [1.54, 1.807) is 26.0 Å². The number of aliphatic carboxylic acids is 1. The summed E-state index contributed by atoms with van der Waals surface area (Å²) < 4.78 is 10.7. The number of aryl methyl sites for hydroxylation is 1. The monoisotopic (exact) mass is 334 g/mol. The van der Waals surface area contributed by atoms with E-state index in [4.69, 9.17) is 13.9 Å². The number of oxazole rings is 1. The van der Waals surface area contributed by atoms with Gasteiger partial charge in [-0.3, -0.25) is 9.59 Å². The number of hydrogen-bond acceptors (Lipinski definition) is 5. The van der Waals surface area contributed by atoms with Crippen molar-refractivity contribution < 1.29 is 23.5 Å². The fourth-order valence-corrected chi connectivity index (χ4v) is 2.32. The standard InChI is InChI=1S/C17H22N2O5/c1-10(2)17(4,9-15(21)22)19-14(20)8-12-11(3)24-16(18-12)13-6-5-7-23-13/h5-7,10H,8-9H2,1-4H3,(H,19,20)(H,21,22). The summed E-state index contributed by atoms with van der Waals surface area (Å²) in [6.45, 7) is 7.20. The summed E-state index contributed by atoms with van der Waals surface area (Å²) in [7, 11) is 0. The Morgan fingerprint density at radius 2 is 2.12 bits per heavy atom. The highest BCUT2D eigenvalue weighted by Crippen LogP contribution is 2.24. The second-order valence-electron chi connectivity index (χ2n) is 6.37. The Balaban J connectivity index is 2.10. The van der Waals surface area contributed by atoms with Crippen LogP contribution < -0.4 is 5.32 Å². The largest absolute Gasteiger partial charge is 0.481 e. The van der Waals surface area contributed by atoms with E-state index < -0.39 is 11.5 Å². The highest BCUT2D eigenvalue weighted by Gasteiger charge is 2.33. The molecule has 1 amide bonds. The van der Waals surface area contributed by atoms with Gasteiger partial charge in [-0.25, -0.2) is 4.98 Å². The quantitative estimate of drug-likeness (QED) is 0.806. The van der Waals surface area contributed by atoms with E-state index in [0.29, 0.717) is 23.1 Å². The van der Waals surface area contributed by atoms with Gasteiger partial charge in [0.1, 0.15) is 5.76 Å². The summed E-state index contributed by atoms with van der Waals surface area (Å²) in [5.41, 5.74) is -0.329. The molecule has 0 bridgehead atoms. The van der Waals surface area contributed by atoms with Crippen molar-refractivity contribution in [2.75, 3.05) is 0 Å². The molecule has 130 valence electrons. The molecule has 0 aromatic carbocycles. The van der Waals surface area contributed by atoms with Gasteiger partial charge in [0.15, 0.2) is 5.76 Å². The van der Waals surface area contributed by atoms with Crippen molar-refractivity contribution in [3.8, 4) is 11.7 Å². The zero-order valence-electron chi connectivity index (χ0n) is 14.3.